The molecule has 1 saturated carbocycles. The van der Waals surface area contributed by atoms with E-state index in [1.54, 1.807) is 4.90 Å². The number of nitrogens with one attached hydrogen (secondary N) is 2. The number of nitrogens with zero attached hydrogens (tertiary/aromatic N) is 1. The number of urea groups is 1. The van der Waals surface area contributed by atoms with Crippen LogP contribution in [0, 0.1) is 5.92 Å². The van der Waals surface area contributed by atoms with Gasteiger partial charge in [-0.2, -0.15) is 0 Å². The van der Waals surface area contributed by atoms with Gasteiger partial charge in [-0.3, -0.25) is 4.79 Å². The Bertz CT molecular complexity index is 540. The molecule has 1 aliphatic heterocycles. The third-order valence-electron chi connectivity index (χ3n) is 4.91. The first kappa shape index (κ1) is 15.8. The Morgan fingerprint density at radius 2 is 1.91 bits per heavy atom. The number of benzene rings is 1. The van der Waals surface area contributed by atoms with Crippen molar-refractivity contribution >= 4 is 11.9 Å². The Labute approximate surface area is 137 Å². The van der Waals surface area contributed by atoms with Crippen LogP contribution >= 0.6 is 0 Å². The van der Waals surface area contributed by atoms with E-state index in [9.17, 15) is 9.59 Å². The summed E-state index contributed by atoms with van der Waals surface area (Å²) in [6.45, 7) is 1.60. The summed E-state index contributed by atoms with van der Waals surface area (Å²) in [7, 11) is 0. The summed E-state index contributed by atoms with van der Waals surface area (Å²) in [6, 6.07) is 10.3. The molecule has 5 heteroatoms. The summed E-state index contributed by atoms with van der Waals surface area (Å²) in [4.78, 5) is 25.9. The predicted octanol–water partition coefficient (Wildman–Crippen LogP) is 2.45. The maximum atomic E-state index is 12.7. The van der Waals surface area contributed by atoms with Crippen LogP contribution in [-0.2, 0) is 4.79 Å². The van der Waals surface area contributed by atoms with Crippen molar-refractivity contribution in [3.05, 3.63) is 35.9 Å². The van der Waals surface area contributed by atoms with Gasteiger partial charge in [-0.1, -0.05) is 43.2 Å². The van der Waals surface area contributed by atoms with Gasteiger partial charge < -0.3 is 15.5 Å². The van der Waals surface area contributed by atoms with Crippen LogP contribution in [-0.4, -0.2) is 36.5 Å². The lowest BCUT2D eigenvalue weighted by Crippen LogP contribution is -2.44. The summed E-state index contributed by atoms with van der Waals surface area (Å²) in [6.07, 6.45) is 5.20. The lowest BCUT2D eigenvalue weighted by molar-refractivity contribution is -0.120. The fourth-order valence-electron chi connectivity index (χ4n) is 3.62. The van der Waals surface area contributed by atoms with Crippen LogP contribution in [0.1, 0.15) is 43.7 Å². The Morgan fingerprint density at radius 1 is 1.17 bits per heavy atom. The van der Waals surface area contributed by atoms with E-state index >= 15 is 0 Å². The summed E-state index contributed by atoms with van der Waals surface area (Å²) >= 11 is 0. The molecule has 1 aromatic carbocycles. The average molecular weight is 315 g/mol. The van der Waals surface area contributed by atoms with Crippen molar-refractivity contribution in [3.8, 4) is 0 Å². The predicted molar refractivity (Wildman–Crippen MR) is 88.9 cm³/mol. The number of carbonyl (C=O) groups is 2. The van der Waals surface area contributed by atoms with Gasteiger partial charge in [-0.05, 0) is 24.3 Å². The minimum absolute atomic E-state index is 0.0238. The molecule has 2 aliphatic rings. The van der Waals surface area contributed by atoms with Crippen molar-refractivity contribution in [3.63, 3.8) is 0 Å². The van der Waals surface area contributed by atoms with Crippen molar-refractivity contribution in [1.82, 2.24) is 15.5 Å². The van der Waals surface area contributed by atoms with Crippen LogP contribution in [0.5, 0.6) is 0 Å². The van der Waals surface area contributed by atoms with Gasteiger partial charge in [0, 0.05) is 26.1 Å². The molecule has 23 heavy (non-hydrogen) atoms. The molecule has 124 valence electrons. The Balaban J connectivity index is 1.70. The summed E-state index contributed by atoms with van der Waals surface area (Å²) in [5.74, 6) is 0.531. The molecule has 1 atom stereocenters. The minimum Gasteiger partial charge on any atom is -0.354 e. The van der Waals surface area contributed by atoms with Crippen molar-refractivity contribution in [2.24, 2.45) is 5.92 Å². The van der Waals surface area contributed by atoms with Crippen LogP contribution in [0.15, 0.2) is 30.3 Å². The number of hydrogen-bond acceptors (Lipinski definition) is 2. The number of hydrogen-bond donors (Lipinski definition) is 2. The molecular formula is C18H25N3O2. The van der Waals surface area contributed by atoms with Gasteiger partial charge in [-0.15, -0.1) is 0 Å². The molecular weight excluding hydrogens is 290 g/mol. The highest BCUT2D eigenvalue weighted by atomic mass is 16.2. The van der Waals surface area contributed by atoms with Gasteiger partial charge in [0.1, 0.15) is 0 Å². The van der Waals surface area contributed by atoms with Gasteiger partial charge in [0.05, 0.1) is 6.04 Å². The summed E-state index contributed by atoms with van der Waals surface area (Å²) in [5.41, 5.74) is 1.18. The van der Waals surface area contributed by atoms with Crippen LogP contribution < -0.4 is 10.6 Å². The molecule has 0 aromatic heterocycles. The number of rotatable bonds is 3. The van der Waals surface area contributed by atoms with Crippen LogP contribution in [0.4, 0.5) is 4.79 Å². The zero-order chi connectivity index (χ0) is 16.1. The molecule has 0 unspecified atom stereocenters. The first-order valence-corrected chi connectivity index (χ1v) is 8.61. The average Bonchev–Trinajstić information content (AvgIpc) is 3.01. The van der Waals surface area contributed by atoms with E-state index in [4.69, 9.17) is 0 Å². The van der Waals surface area contributed by atoms with Crippen molar-refractivity contribution < 1.29 is 9.59 Å². The second-order valence-corrected chi connectivity index (χ2v) is 6.47. The molecule has 0 spiro atoms. The van der Waals surface area contributed by atoms with Crippen LogP contribution in [0.2, 0.25) is 0 Å². The number of carbonyl (C=O) groups excluding carboxylic acids is 2. The molecule has 3 amide bonds. The zero-order valence-electron chi connectivity index (χ0n) is 13.5. The van der Waals surface area contributed by atoms with E-state index < -0.39 is 0 Å². The van der Waals surface area contributed by atoms with Gasteiger partial charge in [-0.25, -0.2) is 4.79 Å². The van der Waals surface area contributed by atoms with E-state index in [1.165, 1.54) is 31.2 Å². The second kappa shape index (κ2) is 7.49. The molecule has 1 aromatic rings. The smallest absolute Gasteiger partial charge is 0.317 e. The maximum absolute atomic E-state index is 12.7. The van der Waals surface area contributed by atoms with Gasteiger partial charge >= 0.3 is 6.03 Å². The van der Waals surface area contributed by atoms with Crippen molar-refractivity contribution in [1.29, 1.82) is 0 Å². The quantitative estimate of drug-likeness (QED) is 0.900. The molecule has 1 saturated heterocycles. The number of amides is 3. The van der Waals surface area contributed by atoms with Crippen LogP contribution in [0.25, 0.3) is 0 Å². The first-order chi connectivity index (χ1) is 11.2. The van der Waals surface area contributed by atoms with E-state index in [2.05, 4.69) is 22.8 Å². The standard InChI is InChI=1S/C18H25N3O2/c22-16-10-12-21(13-11-19-16)18(23)20-17(15-8-4-5-9-15)14-6-2-1-3-7-14/h1-3,6-7,15,17H,4-5,8-13H2,(H,19,22)(H,20,23)/t17-/m1/s1. The lowest BCUT2D eigenvalue weighted by Gasteiger charge is -2.29. The molecule has 1 aliphatic carbocycles. The minimum atomic E-state index is -0.0535. The summed E-state index contributed by atoms with van der Waals surface area (Å²) in [5, 5.41) is 6.04. The zero-order valence-corrected chi connectivity index (χ0v) is 13.5. The molecule has 0 radical (unpaired) electrons. The fraction of sp³-hybridized carbons (Fsp3) is 0.556. The normalized spacial score (nSPS) is 20.7. The largest absolute Gasteiger partial charge is 0.354 e. The van der Waals surface area contributed by atoms with Crippen molar-refractivity contribution in [2.75, 3.05) is 19.6 Å². The van der Waals surface area contributed by atoms with E-state index in [1.807, 2.05) is 18.2 Å². The Morgan fingerprint density at radius 3 is 2.65 bits per heavy atom. The molecule has 3 rings (SSSR count). The maximum Gasteiger partial charge on any atom is 0.317 e. The molecule has 1 heterocycles. The lowest BCUT2D eigenvalue weighted by atomic mass is 9.92. The highest BCUT2D eigenvalue weighted by Crippen LogP contribution is 2.35. The molecule has 2 fully saturated rings. The Kier molecular flexibility index (Phi) is 5.16. The molecule has 0 bridgehead atoms. The van der Waals surface area contributed by atoms with E-state index in [0.29, 0.717) is 32.0 Å². The van der Waals surface area contributed by atoms with Gasteiger partial charge in [0.25, 0.3) is 0 Å². The first-order valence-electron chi connectivity index (χ1n) is 8.61. The third kappa shape index (κ3) is 4.03. The van der Waals surface area contributed by atoms with Gasteiger partial charge in [0.15, 0.2) is 0 Å². The molecule has 5 nitrogen and oxygen atoms in total. The van der Waals surface area contributed by atoms with Crippen LogP contribution in [0.3, 0.4) is 0 Å². The van der Waals surface area contributed by atoms with Crippen molar-refractivity contribution in [2.45, 2.75) is 38.1 Å². The SMILES string of the molecule is O=C1CCN(C(=O)N[C@H](c2ccccc2)C2CCCC2)CCN1. The van der Waals surface area contributed by atoms with E-state index in [0.717, 1.165) is 0 Å². The Hall–Kier alpha value is -2.04. The second-order valence-electron chi connectivity index (χ2n) is 6.47. The highest BCUT2D eigenvalue weighted by molar-refractivity contribution is 5.79. The van der Waals surface area contributed by atoms with Gasteiger partial charge in [0.2, 0.25) is 5.91 Å². The third-order valence-corrected chi connectivity index (χ3v) is 4.91. The van der Waals surface area contributed by atoms with E-state index in [-0.39, 0.29) is 18.0 Å². The summed E-state index contributed by atoms with van der Waals surface area (Å²) < 4.78 is 0. The highest BCUT2D eigenvalue weighted by Gasteiger charge is 2.29. The fourth-order valence-corrected chi connectivity index (χ4v) is 3.62. The topological polar surface area (TPSA) is 61.4 Å². The molecule has 2 N–H and O–H groups in total. The monoisotopic (exact) mass is 315 g/mol.